The fourth-order valence-electron chi connectivity index (χ4n) is 1.90. The van der Waals surface area contributed by atoms with E-state index in [-0.39, 0.29) is 17.1 Å². The highest BCUT2D eigenvalue weighted by Gasteiger charge is 2.36. The third-order valence-corrected chi connectivity index (χ3v) is 3.31. The number of halogens is 1. The predicted molar refractivity (Wildman–Crippen MR) is 73.0 cm³/mol. The van der Waals surface area contributed by atoms with Gasteiger partial charge in [0, 0.05) is 12.0 Å². The van der Waals surface area contributed by atoms with Crippen LogP contribution in [0.4, 0.5) is 4.39 Å². The van der Waals surface area contributed by atoms with E-state index in [1.807, 2.05) is 0 Å². The van der Waals surface area contributed by atoms with Gasteiger partial charge in [0.05, 0.1) is 13.2 Å². The Hall–Kier alpha value is -1.62. The Morgan fingerprint density at radius 1 is 1.40 bits per heavy atom. The fourth-order valence-corrected chi connectivity index (χ4v) is 1.90. The van der Waals surface area contributed by atoms with Crippen molar-refractivity contribution in [3.63, 3.8) is 0 Å². The van der Waals surface area contributed by atoms with Gasteiger partial charge in [0.1, 0.15) is 11.6 Å². The maximum atomic E-state index is 12.8. The van der Waals surface area contributed by atoms with Gasteiger partial charge in [-0.2, -0.15) is 0 Å². The summed E-state index contributed by atoms with van der Waals surface area (Å²) in [4.78, 5) is 12.2. The minimum Gasteiger partial charge on any atom is -0.478 e. The average molecular weight is 281 g/mol. The minimum atomic E-state index is -1.02. The van der Waals surface area contributed by atoms with Gasteiger partial charge in [0.25, 0.3) is 5.91 Å². The zero-order valence-electron chi connectivity index (χ0n) is 12.0. The molecule has 0 spiro atoms. The summed E-state index contributed by atoms with van der Waals surface area (Å²) in [6.07, 6.45) is 0. The van der Waals surface area contributed by atoms with Crippen LogP contribution in [0.25, 0.3) is 0 Å². The first kappa shape index (κ1) is 14.8. The monoisotopic (exact) mass is 281 g/mol. The lowest BCUT2D eigenvalue weighted by molar-refractivity contribution is -0.138. The number of benzene rings is 1. The molecule has 0 radical (unpaired) electrons. The van der Waals surface area contributed by atoms with Crippen molar-refractivity contribution in [3.8, 4) is 5.75 Å². The zero-order valence-corrected chi connectivity index (χ0v) is 12.0. The third kappa shape index (κ3) is 3.48. The SMILES string of the molecule is CC1(CNC(=O)C(C)(C)Oc2ccc(F)cc2)COC1. The highest BCUT2D eigenvalue weighted by atomic mass is 19.1. The summed E-state index contributed by atoms with van der Waals surface area (Å²) in [5.74, 6) is -0.0720. The Kier molecular flexibility index (Phi) is 3.99. The van der Waals surface area contributed by atoms with Crippen LogP contribution in [-0.2, 0) is 9.53 Å². The minimum absolute atomic E-state index is 0.0155. The molecule has 4 nitrogen and oxygen atoms in total. The molecule has 1 aliphatic rings. The Bertz CT molecular complexity index is 480. The lowest BCUT2D eigenvalue weighted by Gasteiger charge is -2.38. The van der Waals surface area contributed by atoms with Crippen LogP contribution in [0.15, 0.2) is 24.3 Å². The van der Waals surface area contributed by atoms with Crippen molar-refractivity contribution < 1.29 is 18.7 Å². The molecule has 0 saturated carbocycles. The van der Waals surface area contributed by atoms with E-state index in [9.17, 15) is 9.18 Å². The van der Waals surface area contributed by atoms with Crippen molar-refractivity contribution in [1.29, 1.82) is 0 Å². The summed E-state index contributed by atoms with van der Waals surface area (Å²) in [5, 5.41) is 2.88. The van der Waals surface area contributed by atoms with Gasteiger partial charge in [-0.25, -0.2) is 4.39 Å². The van der Waals surface area contributed by atoms with Crippen LogP contribution in [0.2, 0.25) is 0 Å². The van der Waals surface area contributed by atoms with Crippen LogP contribution in [0.1, 0.15) is 20.8 Å². The van der Waals surface area contributed by atoms with Crippen molar-refractivity contribution in [2.75, 3.05) is 19.8 Å². The topological polar surface area (TPSA) is 47.6 Å². The van der Waals surface area contributed by atoms with Crippen molar-refractivity contribution in [2.45, 2.75) is 26.4 Å². The fraction of sp³-hybridized carbons (Fsp3) is 0.533. The van der Waals surface area contributed by atoms with Crippen LogP contribution in [0.5, 0.6) is 5.75 Å². The molecule has 0 bridgehead atoms. The van der Waals surface area contributed by atoms with Crippen LogP contribution in [-0.4, -0.2) is 31.3 Å². The molecule has 20 heavy (non-hydrogen) atoms. The molecular formula is C15H20FNO3. The summed E-state index contributed by atoms with van der Waals surface area (Å²) in [6.45, 7) is 7.31. The molecule has 0 aromatic heterocycles. The summed E-state index contributed by atoms with van der Waals surface area (Å²) in [6, 6.07) is 5.61. The zero-order chi connectivity index (χ0) is 14.8. The van der Waals surface area contributed by atoms with Gasteiger partial charge in [0.2, 0.25) is 0 Å². The normalized spacial score (nSPS) is 17.2. The van der Waals surface area contributed by atoms with E-state index in [2.05, 4.69) is 12.2 Å². The second-order valence-corrected chi connectivity index (χ2v) is 6.05. The lowest BCUT2D eigenvalue weighted by atomic mass is 9.88. The van der Waals surface area contributed by atoms with Crippen LogP contribution >= 0.6 is 0 Å². The van der Waals surface area contributed by atoms with Crippen molar-refractivity contribution in [1.82, 2.24) is 5.32 Å². The number of carbonyl (C=O) groups excluding carboxylic acids is 1. The van der Waals surface area contributed by atoms with Crippen LogP contribution < -0.4 is 10.1 Å². The Morgan fingerprint density at radius 2 is 2.00 bits per heavy atom. The number of amides is 1. The van der Waals surface area contributed by atoms with Crippen molar-refractivity contribution in [2.24, 2.45) is 5.41 Å². The molecule has 1 saturated heterocycles. The lowest BCUT2D eigenvalue weighted by Crippen LogP contribution is -2.53. The van der Waals surface area contributed by atoms with E-state index in [0.717, 1.165) is 0 Å². The van der Waals surface area contributed by atoms with Crippen LogP contribution in [0.3, 0.4) is 0 Å². The number of hydrogen-bond acceptors (Lipinski definition) is 3. The van der Waals surface area contributed by atoms with E-state index < -0.39 is 5.60 Å². The molecule has 0 atom stereocenters. The Balaban J connectivity index is 1.91. The summed E-state index contributed by atoms with van der Waals surface area (Å²) in [5.41, 5.74) is -1.000. The molecule has 110 valence electrons. The van der Waals surface area contributed by atoms with Gasteiger partial charge in [-0.05, 0) is 38.1 Å². The average Bonchev–Trinajstić information content (AvgIpc) is 2.36. The van der Waals surface area contributed by atoms with E-state index in [4.69, 9.17) is 9.47 Å². The smallest absolute Gasteiger partial charge is 0.263 e. The first-order chi connectivity index (χ1) is 9.31. The second-order valence-electron chi connectivity index (χ2n) is 6.05. The number of nitrogens with one attached hydrogen (secondary N) is 1. The quantitative estimate of drug-likeness (QED) is 0.899. The number of hydrogen-bond donors (Lipinski definition) is 1. The molecule has 1 aliphatic heterocycles. The molecule has 0 unspecified atom stereocenters. The van der Waals surface area contributed by atoms with E-state index in [0.29, 0.717) is 25.5 Å². The third-order valence-electron chi connectivity index (χ3n) is 3.31. The van der Waals surface area contributed by atoms with E-state index >= 15 is 0 Å². The summed E-state index contributed by atoms with van der Waals surface area (Å²) in [7, 11) is 0. The number of ether oxygens (including phenoxy) is 2. The molecule has 2 rings (SSSR count). The van der Waals surface area contributed by atoms with Crippen LogP contribution in [0, 0.1) is 11.2 Å². The van der Waals surface area contributed by atoms with Gasteiger partial charge in [-0.15, -0.1) is 0 Å². The van der Waals surface area contributed by atoms with Gasteiger partial charge < -0.3 is 14.8 Å². The van der Waals surface area contributed by atoms with Gasteiger partial charge >= 0.3 is 0 Å². The maximum Gasteiger partial charge on any atom is 0.263 e. The standard InChI is InChI=1S/C15H20FNO3/c1-14(2,20-12-6-4-11(16)5-7-12)13(18)17-8-15(3)9-19-10-15/h4-7H,8-10H2,1-3H3,(H,17,18). The molecule has 5 heteroatoms. The van der Waals surface area contributed by atoms with Crippen molar-refractivity contribution in [3.05, 3.63) is 30.1 Å². The van der Waals surface area contributed by atoms with E-state index in [1.54, 1.807) is 13.8 Å². The molecule has 1 fully saturated rings. The predicted octanol–water partition coefficient (Wildman–Crippen LogP) is 2.14. The molecule has 1 heterocycles. The highest BCUT2D eigenvalue weighted by molar-refractivity contribution is 5.84. The molecule has 1 aromatic rings. The molecule has 0 aliphatic carbocycles. The first-order valence-corrected chi connectivity index (χ1v) is 6.61. The van der Waals surface area contributed by atoms with Gasteiger partial charge in [-0.3, -0.25) is 4.79 Å². The molecule has 1 N–H and O–H groups in total. The largest absolute Gasteiger partial charge is 0.478 e. The molecule has 1 aromatic carbocycles. The number of rotatable bonds is 5. The van der Waals surface area contributed by atoms with Gasteiger partial charge in [-0.1, -0.05) is 6.92 Å². The second kappa shape index (κ2) is 5.40. The number of carbonyl (C=O) groups is 1. The first-order valence-electron chi connectivity index (χ1n) is 6.61. The Morgan fingerprint density at radius 3 is 2.50 bits per heavy atom. The molecular weight excluding hydrogens is 261 g/mol. The summed E-state index contributed by atoms with van der Waals surface area (Å²) < 4.78 is 23.6. The summed E-state index contributed by atoms with van der Waals surface area (Å²) >= 11 is 0. The van der Waals surface area contributed by atoms with E-state index in [1.165, 1.54) is 24.3 Å². The maximum absolute atomic E-state index is 12.8. The van der Waals surface area contributed by atoms with Gasteiger partial charge in [0.15, 0.2) is 5.60 Å². The highest BCUT2D eigenvalue weighted by Crippen LogP contribution is 2.25. The molecule has 1 amide bonds. The Labute approximate surface area is 118 Å². The van der Waals surface area contributed by atoms with Crippen molar-refractivity contribution >= 4 is 5.91 Å².